The van der Waals surface area contributed by atoms with E-state index in [4.69, 9.17) is 14.2 Å². The first-order valence-electron chi connectivity index (χ1n) is 11.4. The molecule has 34 heavy (non-hydrogen) atoms. The highest BCUT2D eigenvalue weighted by molar-refractivity contribution is 5.15. The van der Waals surface area contributed by atoms with Crippen molar-refractivity contribution in [1.29, 1.82) is 0 Å². The predicted octanol–water partition coefficient (Wildman–Crippen LogP) is 2.69. The van der Waals surface area contributed by atoms with Crippen LogP contribution in [0.15, 0.2) is 76.4 Å². The molecule has 0 bridgehead atoms. The average molecular weight is 467 g/mol. The second-order valence-electron chi connectivity index (χ2n) is 8.59. The lowest BCUT2D eigenvalue weighted by Crippen LogP contribution is -2.48. The van der Waals surface area contributed by atoms with Gasteiger partial charge in [-0.25, -0.2) is 4.79 Å². The van der Waals surface area contributed by atoms with Gasteiger partial charge in [0.05, 0.1) is 19.8 Å². The molecular formula is C26H30N2O6. The van der Waals surface area contributed by atoms with Crippen LogP contribution in [0.4, 0.5) is 0 Å². The quantitative estimate of drug-likeness (QED) is 0.503. The van der Waals surface area contributed by atoms with Gasteiger partial charge in [-0.1, -0.05) is 67.6 Å². The molecule has 4 rings (SSSR count). The summed E-state index contributed by atoms with van der Waals surface area (Å²) in [5.74, 6) is 0. The molecule has 1 aromatic heterocycles. The Labute approximate surface area is 197 Å². The van der Waals surface area contributed by atoms with Gasteiger partial charge in [-0.3, -0.25) is 14.3 Å². The molecule has 4 atom stereocenters. The summed E-state index contributed by atoms with van der Waals surface area (Å²) in [7, 11) is 0. The molecule has 0 aliphatic carbocycles. The number of aliphatic hydroxyl groups excluding tert-OH is 1. The zero-order valence-corrected chi connectivity index (χ0v) is 19.3. The Hall–Kier alpha value is -3.04. The van der Waals surface area contributed by atoms with Crippen molar-refractivity contribution in [3.63, 3.8) is 0 Å². The lowest BCUT2D eigenvalue weighted by atomic mass is 9.92. The lowest BCUT2D eigenvalue weighted by Gasteiger charge is -2.33. The van der Waals surface area contributed by atoms with E-state index in [0.29, 0.717) is 18.6 Å². The summed E-state index contributed by atoms with van der Waals surface area (Å²) in [6.07, 6.45) is -1.08. The van der Waals surface area contributed by atoms with Crippen LogP contribution in [0, 0.1) is 6.92 Å². The van der Waals surface area contributed by atoms with Crippen LogP contribution in [0.3, 0.4) is 0 Å². The second kappa shape index (κ2) is 10.5. The maximum atomic E-state index is 12.6. The van der Waals surface area contributed by atoms with E-state index in [-0.39, 0.29) is 13.2 Å². The number of aromatic amines is 1. The van der Waals surface area contributed by atoms with Crippen LogP contribution in [-0.4, -0.2) is 39.1 Å². The molecule has 0 spiro atoms. The Morgan fingerprint density at radius 2 is 1.65 bits per heavy atom. The van der Waals surface area contributed by atoms with Crippen LogP contribution in [0.2, 0.25) is 0 Å². The van der Waals surface area contributed by atoms with E-state index >= 15 is 0 Å². The van der Waals surface area contributed by atoms with E-state index in [2.05, 4.69) is 4.98 Å². The van der Waals surface area contributed by atoms with Gasteiger partial charge in [0.25, 0.3) is 5.56 Å². The Morgan fingerprint density at radius 1 is 1.03 bits per heavy atom. The summed E-state index contributed by atoms with van der Waals surface area (Å²) >= 11 is 0. The molecular weight excluding hydrogens is 436 g/mol. The largest absolute Gasteiger partial charge is 0.386 e. The SMILES string of the molecule is CC[C@]1(COCc2ccccc2)O[C@@H](n2cc(C)c(=O)[nH]c2=O)[C@H](O)[C@@H]1OCc1ccccc1. The Balaban J connectivity index is 1.61. The van der Waals surface area contributed by atoms with Gasteiger partial charge in [0.2, 0.25) is 0 Å². The number of H-pyrrole nitrogens is 1. The normalized spacial score (nSPS) is 24.4. The number of aryl methyl sites for hydroxylation is 1. The summed E-state index contributed by atoms with van der Waals surface area (Å²) in [6, 6.07) is 19.4. The van der Waals surface area contributed by atoms with Gasteiger partial charge in [0, 0.05) is 11.8 Å². The number of aliphatic hydroxyl groups is 1. The number of hydrogen-bond acceptors (Lipinski definition) is 6. The summed E-state index contributed by atoms with van der Waals surface area (Å²) in [6.45, 7) is 4.31. The van der Waals surface area contributed by atoms with Crippen molar-refractivity contribution in [1.82, 2.24) is 9.55 Å². The number of rotatable bonds is 9. The highest BCUT2D eigenvalue weighted by Crippen LogP contribution is 2.41. The number of nitrogens with zero attached hydrogens (tertiary/aromatic N) is 1. The van der Waals surface area contributed by atoms with Gasteiger partial charge in [0.1, 0.15) is 17.8 Å². The minimum absolute atomic E-state index is 0.155. The predicted molar refractivity (Wildman–Crippen MR) is 126 cm³/mol. The monoisotopic (exact) mass is 466 g/mol. The lowest BCUT2D eigenvalue weighted by molar-refractivity contribution is -0.158. The third kappa shape index (κ3) is 5.05. The Kier molecular flexibility index (Phi) is 7.43. The van der Waals surface area contributed by atoms with Gasteiger partial charge < -0.3 is 19.3 Å². The van der Waals surface area contributed by atoms with Gasteiger partial charge in [-0.05, 0) is 24.5 Å². The van der Waals surface area contributed by atoms with Gasteiger partial charge in [0.15, 0.2) is 6.23 Å². The third-order valence-corrected chi connectivity index (χ3v) is 6.23. The third-order valence-electron chi connectivity index (χ3n) is 6.23. The van der Waals surface area contributed by atoms with E-state index in [1.807, 2.05) is 67.6 Å². The highest BCUT2D eigenvalue weighted by atomic mass is 16.6. The maximum absolute atomic E-state index is 12.6. The van der Waals surface area contributed by atoms with Crippen molar-refractivity contribution in [2.24, 2.45) is 0 Å². The molecule has 1 fully saturated rings. The molecule has 0 radical (unpaired) electrons. The molecule has 2 N–H and O–H groups in total. The van der Waals surface area contributed by atoms with Crippen LogP contribution >= 0.6 is 0 Å². The summed E-state index contributed by atoms with van der Waals surface area (Å²) in [5.41, 5.74) is 0.170. The fourth-order valence-corrected chi connectivity index (χ4v) is 4.26. The maximum Gasteiger partial charge on any atom is 0.330 e. The molecule has 8 heteroatoms. The van der Waals surface area contributed by atoms with Crippen molar-refractivity contribution in [2.45, 2.75) is 57.5 Å². The van der Waals surface area contributed by atoms with E-state index in [1.165, 1.54) is 10.8 Å². The molecule has 2 heterocycles. The standard InChI is InChI=1S/C26H30N2O6/c1-3-26(17-32-15-19-10-6-4-7-11-19)22(33-16-20-12-8-5-9-13-20)21(29)24(34-26)28-14-18(2)23(30)27-25(28)31/h4-14,21-22,24,29H,3,15-17H2,1-2H3,(H,27,30,31)/t21-,22+,24-,26-/m1/s1. The van der Waals surface area contributed by atoms with Crippen LogP contribution in [-0.2, 0) is 27.4 Å². The van der Waals surface area contributed by atoms with Crippen molar-refractivity contribution < 1.29 is 19.3 Å². The first kappa shape index (κ1) is 24.1. The number of hydrogen-bond donors (Lipinski definition) is 2. The summed E-state index contributed by atoms with van der Waals surface area (Å²) < 4.78 is 19.8. The molecule has 1 aliphatic rings. The average Bonchev–Trinajstić information content (AvgIpc) is 3.13. The molecule has 8 nitrogen and oxygen atoms in total. The minimum atomic E-state index is -1.16. The van der Waals surface area contributed by atoms with E-state index < -0.39 is 35.3 Å². The molecule has 1 aliphatic heterocycles. The highest BCUT2D eigenvalue weighted by Gasteiger charge is 2.55. The molecule has 3 aromatic rings. The second-order valence-corrected chi connectivity index (χ2v) is 8.59. The van der Waals surface area contributed by atoms with Crippen molar-refractivity contribution in [3.05, 3.63) is 104 Å². The molecule has 0 saturated carbocycles. The number of benzene rings is 2. The first-order chi connectivity index (χ1) is 16.4. The molecule has 0 amide bonds. The number of ether oxygens (including phenoxy) is 3. The first-order valence-corrected chi connectivity index (χ1v) is 11.4. The Bertz CT molecular complexity index is 1190. The number of aromatic nitrogens is 2. The van der Waals surface area contributed by atoms with Crippen LogP contribution in [0.1, 0.15) is 36.3 Å². The fraction of sp³-hybridized carbons (Fsp3) is 0.385. The van der Waals surface area contributed by atoms with E-state index in [1.54, 1.807) is 6.92 Å². The molecule has 1 saturated heterocycles. The van der Waals surface area contributed by atoms with E-state index in [0.717, 1.165) is 11.1 Å². The minimum Gasteiger partial charge on any atom is -0.386 e. The summed E-state index contributed by atoms with van der Waals surface area (Å²) in [4.78, 5) is 26.7. The van der Waals surface area contributed by atoms with Crippen molar-refractivity contribution in [2.75, 3.05) is 6.61 Å². The fourth-order valence-electron chi connectivity index (χ4n) is 4.26. The van der Waals surface area contributed by atoms with Crippen molar-refractivity contribution in [3.8, 4) is 0 Å². The molecule has 2 aromatic carbocycles. The van der Waals surface area contributed by atoms with Gasteiger partial charge in [-0.2, -0.15) is 0 Å². The zero-order chi connectivity index (χ0) is 24.1. The molecule has 0 unspecified atom stereocenters. The van der Waals surface area contributed by atoms with Crippen LogP contribution in [0.5, 0.6) is 0 Å². The molecule has 180 valence electrons. The topological polar surface area (TPSA) is 103 Å². The van der Waals surface area contributed by atoms with Crippen LogP contribution in [0.25, 0.3) is 0 Å². The number of nitrogens with one attached hydrogen (secondary N) is 1. The Morgan fingerprint density at radius 3 is 2.26 bits per heavy atom. The van der Waals surface area contributed by atoms with E-state index in [9.17, 15) is 14.7 Å². The van der Waals surface area contributed by atoms with Gasteiger partial charge in [-0.15, -0.1) is 0 Å². The van der Waals surface area contributed by atoms with Crippen LogP contribution < -0.4 is 11.2 Å². The summed E-state index contributed by atoms with van der Waals surface area (Å²) in [5, 5.41) is 11.3. The van der Waals surface area contributed by atoms with Gasteiger partial charge >= 0.3 is 5.69 Å². The van der Waals surface area contributed by atoms with Crippen molar-refractivity contribution >= 4 is 0 Å². The smallest absolute Gasteiger partial charge is 0.330 e. The zero-order valence-electron chi connectivity index (χ0n) is 19.3.